The van der Waals surface area contributed by atoms with Crippen molar-refractivity contribution in [1.29, 1.82) is 0 Å². The molecule has 1 N–H and O–H groups in total. The predicted molar refractivity (Wildman–Crippen MR) is 108 cm³/mol. The molecule has 0 saturated heterocycles. The lowest BCUT2D eigenvalue weighted by atomic mass is 10.1. The van der Waals surface area contributed by atoms with Crippen molar-refractivity contribution in [2.75, 3.05) is 32.1 Å². The number of nitrogens with zero attached hydrogens (tertiary/aromatic N) is 3. The molecule has 1 aromatic carbocycles. The third-order valence-electron chi connectivity index (χ3n) is 4.32. The van der Waals surface area contributed by atoms with Gasteiger partial charge in [0.15, 0.2) is 5.13 Å². The molecule has 0 radical (unpaired) electrons. The molecule has 0 saturated carbocycles. The number of rotatable bonds is 9. The van der Waals surface area contributed by atoms with Gasteiger partial charge in [-0.15, -0.1) is 11.3 Å². The third kappa shape index (κ3) is 4.82. The van der Waals surface area contributed by atoms with Gasteiger partial charge in [0.1, 0.15) is 0 Å². The number of benzene rings is 1. The van der Waals surface area contributed by atoms with Gasteiger partial charge in [-0.3, -0.25) is 0 Å². The summed E-state index contributed by atoms with van der Waals surface area (Å²) >= 11 is 1.70. The Morgan fingerprint density at radius 3 is 2.31 bits per heavy atom. The molecule has 0 bridgehead atoms. The van der Waals surface area contributed by atoms with E-state index in [0.717, 1.165) is 30.3 Å². The van der Waals surface area contributed by atoms with Crippen LogP contribution in [-0.4, -0.2) is 44.9 Å². The second-order valence-electron chi connectivity index (χ2n) is 6.24. The quantitative estimate of drug-likeness (QED) is 0.706. The highest BCUT2D eigenvalue weighted by Crippen LogP contribution is 2.23. The SMILES string of the molecule is CCN(CC)c1ncc(CNC(C)c2ccc(S(=O)(=O)N(C)C)cc2)s1. The van der Waals surface area contributed by atoms with Crippen LogP contribution in [-0.2, 0) is 16.6 Å². The van der Waals surface area contributed by atoms with Gasteiger partial charge in [-0.2, -0.15) is 0 Å². The summed E-state index contributed by atoms with van der Waals surface area (Å²) in [6.07, 6.45) is 1.92. The Hall–Kier alpha value is -1.48. The molecule has 8 heteroatoms. The van der Waals surface area contributed by atoms with Gasteiger partial charge in [-0.25, -0.2) is 17.7 Å². The molecule has 2 aromatic rings. The summed E-state index contributed by atoms with van der Waals surface area (Å²) in [6, 6.07) is 7.16. The Kier molecular flexibility index (Phi) is 7.16. The first kappa shape index (κ1) is 20.8. The highest BCUT2D eigenvalue weighted by molar-refractivity contribution is 7.89. The van der Waals surface area contributed by atoms with Gasteiger partial charge >= 0.3 is 0 Å². The fourth-order valence-electron chi connectivity index (χ4n) is 2.53. The zero-order chi connectivity index (χ0) is 19.3. The molecular weight excluding hydrogens is 368 g/mol. The molecule has 1 unspecified atom stereocenters. The van der Waals surface area contributed by atoms with E-state index in [1.54, 1.807) is 23.5 Å². The lowest BCUT2D eigenvalue weighted by Crippen LogP contribution is -2.22. The number of thiazole rings is 1. The third-order valence-corrected chi connectivity index (χ3v) is 7.20. The van der Waals surface area contributed by atoms with Gasteiger partial charge in [0.2, 0.25) is 10.0 Å². The zero-order valence-electron chi connectivity index (χ0n) is 16.1. The van der Waals surface area contributed by atoms with Crippen molar-refractivity contribution in [3.05, 3.63) is 40.9 Å². The molecule has 1 heterocycles. The Morgan fingerprint density at radius 2 is 1.77 bits per heavy atom. The van der Waals surface area contributed by atoms with Crippen LogP contribution in [0.1, 0.15) is 37.3 Å². The van der Waals surface area contributed by atoms with E-state index < -0.39 is 10.0 Å². The van der Waals surface area contributed by atoms with Gasteiger partial charge in [-0.1, -0.05) is 12.1 Å². The summed E-state index contributed by atoms with van der Waals surface area (Å²) in [6.45, 7) is 8.97. The van der Waals surface area contributed by atoms with E-state index >= 15 is 0 Å². The predicted octanol–water partition coefficient (Wildman–Crippen LogP) is 3.09. The van der Waals surface area contributed by atoms with Gasteiger partial charge in [0.05, 0.1) is 4.90 Å². The maximum absolute atomic E-state index is 12.1. The smallest absolute Gasteiger partial charge is 0.242 e. The standard InChI is InChI=1S/C18H28N4O2S2/c1-6-22(7-2)18-20-13-16(25-18)12-19-14(3)15-8-10-17(11-9-15)26(23,24)21(4)5/h8-11,13-14,19H,6-7,12H2,1-5H3. The summed E-state index contributed by atoms with van der Waals surface area (Å²) in [4.78, 5) is 8.23. The topological polar surface area (TPSA) is 65.5 Å². The second-order valence-corrected chi connectivity index (χ2v) is 9.49. The van der Waals surface area contributed by atoms with Crippen LogP contribution in [0.2, 0.25) is 0 Å². The summed E-state index contributed by atoms with van der Waals surface area (Å²) in [7, 11) is -0.310. The van der Waals surface area contributed by atoms with Gasteiger partial charge in [-0.05, 0) is 38.5 Å². The second kappa shape index (κ2) is 8.94. The molecule has 26 heavy (non-hydrogen) atoms. The zero-order valence-corrected chi connectivity index (χ0v) is 17.7. The molecule has 0 aliphatic heterocycles. The van der Waals surface area contributed by atoms with E-state index in [-0.39, 0.29) is 6.04 Å². The highest BCUT2D eigenvalue weighted by Gasteiger charge is 2.17. The molecule has 0 spiro atoms. The lowest BCUT2D eigenvalue weighted by Gasteiger charge is -2.17. The molecule has 0 amide bonds. The van der Waals surface area contributed by atoms with Crippen molar-refractivity contribution in [3.8, 4) is 0 Å². The summed E-state index contributed by atoms with van der Waals surface area (Å²) in [5.74, 6) is 0. The molecular formula is C18H28N4O2S2. The minimum absolute atomic E-state index is 0.116. The fourth-order valence-corrected chi connectivity index (χ4v) is 4.42. The largest absolute Gasteiger partial charge is 0.349 e. The van der Waals surface area contributed by atoms with Crippen molar-refractivity contribution < 1.29 is 8.42 Å². The molecule has 0 fully saturated rings. The minimum Gasteiger partial charge on any atom is -0.349 e. The molecule has 1 aromatic heterocycles. The van der Waals surface area contributed by atoms with Crippen molar-refractivity contribution in [3.63, 3.8) is 0 Å². The number of anilines is 1. The van der Waals surface area contributed by atoms with E-state index in [1.165, 1.54) is 23.3 Å². The fraction of sp³-hybridized carbons (Fsp3) is 0.500. The van der Waals surface area contributed by atoms with Crippen LogP contribution in [0, 0.1) is 0 Å². The first-order chi connectivity index (χ1) is 12.3. The number of hydrogen-bond donors (Lipinski definition) is 1. The van der Waals surface area contributed by atoms with Crippen LogP contribution in [0.4, 0.5) is 5.13 Å². The minimum atomic E-state index is -3.38. The maximum atomic E-state index is 12.1. The molecule has 144 valence electrons. The lowest BCUT2D eigenvalue weighted by molar-refractivity contribution is 0.520. The number of aromatic nitrogens is 1. The van der Waals surface area contributed by atoms with E-state index in [2.05, 4.69) is 36.0 Å². The van der Waals surface area contributed by atoms with Crippen molar-refractivity contribution in [2.45, 2.75) is 38.3 Å². The number of nitrogens with one attached hydrogen (secondary N) is 1. The number of sulfonamides is 1. The highest BCUT2D eigenvalue weighted by atomic mass is 32.2. The molecule has 2 rings (SSSR count). The molecule has 0 aliphatic rings. The van der Waals surface area contributed by atoms with Crippen molar-refractivity contribution in [1.82, 2.24) is 14.6 Å². The Morgan fingerprint density at radius 1 is 1.15 bits per heavy atom. The number of hydrogen-bond acceptors (Lipinski definition) is 6. The van der Waals surface area contributed by atoms with Gasteiger partial charge < -0.3 is 10.2 Å². The molecule has 0 aliphatic carbocycles. The van der Waals surface area contributed by atoms with Crippen LogP contribution in [0.3, 0.4) is 0 Å². The first-order valence-electron chi connectivity index (χ1n) is 8.75. The Bertz CT molecular complexity index is 797. The summed E-state index contributed by atoms with van der Waals surface area (Å²) < 4.78 is 25.5. The van der Waals surface area contributed by atoms with E-state index in [1.807, 2.05) is 18.3 Å². The summed E-state index contributed by atoms with van der Waals surface area (Å²) in [5, 5.41) is 4.53. The monoisotopic (exact) mass is 396 g/mol. The Balaban J connectivity index is 1.99. The van der Waals surface area contributed by atoms with Crippen LogP contribution >= 0.6 is 11.3 Å². The van der Waals surface area contributed by atoms with Crippen molar-refractivity contribution in [2.24, 2.45) is 0 Å². The average molecular weight is 397 g/mol. The van der Waals surface area contributed by atoms with Crippen LogP contribution in [0.5, 0.6) is 0 Å². The average Bonchev–Trinajstić information content (AvgIpc) is 3.09. The van der Waals surface area contributed by atoms with Crippen LogP contribution in [0.25, 0.3) is 0 Å². The molecule has 1 atom stereocenters. The summed E-state index contributed by atoms with van der Waals surface area (Å²) in [5.41, 5.74) is 1.05. The van der Waals surface area contributed by atoms with Crippen LogP contribution < -0.4 is 10.2 Å². The first-order valence-corrected chi connectivity index (χ1v) is 11.0. The van der Waals surface area contributed by atoms with Gasteiger partial charge in [0.25, 0.3) is 0 Å². The van der Waals surface area contributed by atoms with E-state index in [0.29, 0.717) is 4.90 Å². The van der Waals surface area contributed by atoms with E-state index in [4.69, 9.17) is 0 Å². The van der Waals surface area contributed by atoms with E-state index in [9.17, 15) is 8.42 Å². The van der Waals surface area contributed by atoms with Crippen LogP contribution in [0.15, 0.2) is 35.4 Å². The Labute approximate surface area is 160 Å². The normalized spacial score (nSPS) is 13.2. The maximum Gasteiger partial charge on any atom is 0.242 e. The van der Waals surface area contributed by atoms with Gasteiger partial charge in [0, 0.05) is 50.8 Å². The molecule has 6 nitrogen and oxygen atoms in total. The van der Waals surface area contributed by atoms with Crippen molar-refractivity contribution >= 4 is 26.5 Å².